The SMILES string of the molecule is Cc1ccc(C2Nc3ccccc3C(=O)N2Cc2ccc3c(c2)OCO3)o1. The maximum atomic E-state index is 13.2. The van der Waals surface area contributed by atoms with E-state index in [1.54, 1.807) is 4.90 Å². The summed E-state index contributed by atoms with van der Waals surface area (Å²) in [4.78, 5) is 15.0. The first-order valence-electron chi connectivity index (χ1n) is 8.80. The number of para-hydroxylation sites is 1. The highest BCUT2D eigenvalue weighted by Crippen LogP contribution is 2.37. The molecular formula is C21H18N2O4. The summed E-state index contributed by atoms with van der Waals surface area (Å²) >= 11 is 0. The van der Waals surface area contributed by atoms with E-state index < -0.39 is 0 Å². The lowest BCUT2D eigenvalue weighted by molar-refractivity contribution is 0.0644. The summed E-state index contributed by atoms with van der Waals surface area (Å²) < 4.78 is 16.7. The van der Waals surface area contributed by atoms with Gasteiger partial charge in [-0.1, -0.05) is 18.2 Å². The number of anilines is 1. The molecule has 0 saturated carbocycles. The van der Waals surface area contributed by atoms with Gasteiger partial charge in [0.25, 0.3) is 5.91 Å². The molecule has 0 aliphatic carbocycles. The Labute approximate surface area is 156 Å². The van der Waals surface area contributed by atoms with Gasteiger partial charge in [0.05, 0.1) is 5.56 Å². The van der Waals surface area contributed by atoms with Crippen LogP contribution in [0.15, 0.2) is 59.0 Å². The molecule has 5 rings (SSSR count). The Morgan fingerprint density at radius 3 is 2.78 bits per heavy atom. The Bertz CT molecular complexity index is 1030. The van der Waals surface area contributed by atoms with Crippen molar-refractivity contribution in [3.05, 3.63) is 77.2 Å². The number of hydrogen-bond acceptors (Lipinski definition) is 5. The third-order valence-electron chi connectivity index (χ3n) is 4.84. The normalized spacial score (nSPS) is 17.6. The quantitative estimate of drug-likeness (QED) is 0.760. The third-order valence-corrected chi connectivity index (χ3v) is 4.84. The van der Waals surface area contributed by atoms with Crippen molar-refractivity contribution in [3.8, 4) is 11.5 Å². The highest BCUT2D eigenvalue weighted by atomic mass is 16.7. The number of aryl methyl sites for hydroxylation is 1. The molecule has 136 valence electrons. The number of nitrogens with one attached hydrogen (secondary N) is 1. The topological polar surface area (TPSA) is 63.9 Å². The van der Waals surface area contributed by atoms with Crippen LogP contribution in [-0.2, 0) is 6.54 Å². The van der Waals surface area contributed by atoms with Gasteiger partial charge in [-0.2, -0.15) is 0 Å². The molecule has 3 aromatic rings. The number of amides is 1. The molecule has 3 heterocycles. The highest BCUT2D eigenvalue weighted by molar-refractivity contribution is 6.01. The molecule has 27 heavy (non-hydrogen) atoms. The van der Waals surface area contributed by atoms with Crippen LogP contribution in [0.5, 0.6) is 11.5 Å². The van der Waals surface area contributed by atoms with E-state index in [0.717, 1.165) is 22.8 Å². The highest BCUT2D eigenvalue weighted by Gasteiger charge is 2.34. The van der Waals surface area contributed by atoms with Gasteiger partial charge in [-0.3, -0.25) is 4.79 Å². The van der Waals surface area contributed by atoms with Crippen LogP contribution in [-0.4, -0.2) is 17.6 Å². The predicted molar refractivity (Wildman–Crippen MR) is 98.7 cm³/mol. The Kier molecular flexibility index (Phi) is 3.57. The van der Waals surface area contributed by atoms with Crippen molar-refractivity contribution in [3.63, 3.8) is 0 Å². The second-order valence-corrected chi connectivity index (χ2v) is 6.66. The van der Waals surface area contributed by atoms with Crippen LogP contribution in [0.3, 0.4) is 0 Å². The minimum absolute atomic E-state index is 0.0407. The summed E-state index contributed by atoms with van der Waals surface area (Å²) in [6, 6.07) is 17.1. The van der Waals surface area contributed by atoms with Gasteiger partial charge in [0.2, 0.25) is 6.79 Å². The zero-order valence-corrected chi connectivity index (χ0v) is 14.8. The first-order valence-corrected chi connectivity index (χ1v) is 8.80. The Morgan fingerprint density at radius 1 is 1.07 bits per heavy atom. The lowest BCUT2D eigenvalue weighted by Crippen LogP contribution is -2.42. The monoisotopic (exact) mass is 362 g/mol. The zero-order valence-electron chi connectivity index (χ0n) is 14.8. The minimum atomic E-state index is -0.383. The van der Waals surface area contributed by atoms with Crippen molar-refractivity contribution < 1.29 is 18.7 Å². The lowest BCUT2D eigenvalue weighted by atomic mass is 10.1. The number of carbonyl (C=O) groups excluding carboxylic acids is 1. The zero-order chi connectivity index (χ0) is 18.4. The van der Waals surface area contributed by atoms with Gasteiger partial charge in [-0.25, -0.2) is 0 Å². The van der Waals surface area contributed by atoms with E-state index in [1.165, 1.54) is 0 Å². The molecule has 0 fully saturated rings. The fraction of sp³-hybridized carbons (Fsp3) is 0.190. The molecule has 0 spiro atoms. The van der Waals surface area contributed by atoms with E-state index in [-0.39, 0.29) is 18.9 Å². The maximum absolute atomic E-state index is 13.2. The summed E-state index contributed by atoms with van der Waals surface area (Å²) in [7, 11) is 0. The van der Waals surface area contributed by atoms with Crippen molar-refractivity contribution in [1.82, 2.24) is 4.90 Å². The van der Waals surface area contributed by atoms with Crippen LogP contribution in [0.1, 0.15) is 33.6 Å². The predicted octanol–water partition coefficient (Wildman–Crippen LogP) is 4.08. The summed E-state index contributed by atoms with van der Waals surface area (Å²) in [6.07, 6.45) is -0.383. The average Bonchev–Trinajstić information content (AvgIpc) is 3.32. The number of benzene rings is 2. The molecule has 0 radical (unpaired) electrons. The second kappa shape index (κ2) is 6.09. The van der Waals surface area contributed by atoms with Crippen molar-refractivity contribution in [2.45, 2.75) is 19.6 Å². The largest absolute Gasteiger partial charge is 0.462 e. The summed E-state index contributed by atoms with van der Waals surface area (Å²) in [5.41, 5.74) is 2.42. The van der Waals surface area contributed by atoms with Crippen LogP contribution in [0.4, 0.5) is 5.69 Å². The van der Waals surface area contributed by atoms with Crippen molar-refractivity contribution >= 4 is 11.6 Å². The van der Waals surface area contributed by atoms with E-state index in [4.69, 9.17) is 13.9 Å². The Hall–Kier alpha value is -3.41. The van der Waals surface area contributed by atoms with Gasteiger partial charge in [-0.05, 0) is 48.9 Å². The van der Waals surface area contributed by atoms with Gasteiger partial charge in [0, 0.05) is 12.2 Å². The van der Waals surface area contributed by atoms with E-state index in [9.17, 15) is 4.79 Å². The Morgan fingerprint density at radius 2 is 1.93 bits per heavy atom. The number of rotatable bonds is 3. The number of fused-ring (bicyclic) bond motifs is 2. The standard InChI is InChI=1S/C21H18N2O4/c1-13-6-8-18(27-13)20-22-16-5-3-2-4-15(16)21(24)23(20)11-14-7-9-17-19(10-14)26-12-25-17/h2-10,20,22H,11-12H2,1H3. The number of hydrogen-bond donors (Lipinski definition) is 1. The van der Waals surface area contributed by atoms with Crippen molar-refractivity contribution in [2.24, 2.45) is 0 Å². The number of furan rings is 1. The second-order valence-electron chi connectivity index (χ2n) is 6.66. The molecule has 6 nitrogen and oxygen atoms in total. The lowest BCUT2D eigenvalue weighted by Gasteiger charge is -2.36. The molecule has 2 aliphatic heterocycles. The van der Waals surface area contributed by atoms with E-state index >= 15 is 0 Å². The summed E-state index contributed by atoms with van der Waals surface area (Å²) in [5.74, 6) is 2.90. The number of carbonyl (C=O) groups is 1. The van der Waals surface area contributed by atoms with Gasteiger partial charge in [-0.15, -0.1) is 0 Å². The average molecular weight is 362 g/mol. The molecule has 1 aromatic heterocycles. The van der Waals surface area contributed by atoms with E-state index in [0.29, 0.717) is 23.6 Å². The van der Waals surface area contributed by atoms with Crippen LogP contribution in [0, 0.1) is 6.92 Å². The van der Waals surface area contributed by atoms with E-state index in [2.05, 4.69) is 5.32 Å². The fourth-order valence-corrected chi connectivity index (χ4v) is 3.52. The molecule has 6 heteroatoms. The number of nitrogens with zero attached hydrogens (tertiary/aromatic N) is 1. The van der Waals surface area contributed by atoms with Crippen molar-refractivity contribution in [1.29, 1.82) is 0 Å². The summed E-state index contributed by atoms with van der Waals surface area (Å²) in [5, 5.41) is 3.44. The molecular weight excluding hydrogens is 344 g/mol. The molecule has 0 saturated heterocycles. The van der Waals surface area contributed by atoms with Crippen LogP contribution >= 0.6 is 0 Å². The number of ether oxygens (including phenoxy) is 2. The third kappa shape index (κ3) is 2.70. The van der Waals surface area contributed by atoms with Gasteiger partial charge in [0.1, 0.15) is 11.5 Å². The van der Waals surface area contributed by atoms with Crippen LogP contribution < -0.4 is 14.8 Å². The fourth-order valence-electron chi connectivity index (χ4n) is 3.52. The molecule has 2 aliphatic rings. The maximum Gasteiger partial charge on any atom is 0.258 e. The Balaban J connectivity index is 1.53. The van der Waals surface area contributed by atoms with Crippen LogP contribution in [0.25, 0.3) is 0 Å². The van der Waals surface area contributed by atoms with Crippen molar-refractivity contribution in [2.75, 3.05) is 12.1 Å². The molecule has 1 amide bonds. The molecule has 2 aromatic carbocycles. The van der Waals surface area contributed by atoms with Crippen LogP contribution in [0.2, 0.25) is 0 Å². The van der Waals surface area contributed by atoms with E-state index in [1.807, 2.05) is 61.5 Å². The minimum Gasteiger partial charge on any atom is -0.462 e. The summed E-state index contributed by atoms with van der Waals surface area (Å²) in [6.45, 7) is 2.54. The molecule has 0 bridgehead atoms. The molecule has 1 atom stereocenters. The van der Waals surface area contributed by atoms with Gasteiger partial charge < -0.3 is 24.1 Å². The smallest absolute Gasteiger partial charge is 0.258 e. The van der Waals surface area contributed by atoms with Gasteiger partial charge in [0.15, 0.2) is 17.7 Å². The molecule has 1 unspecified atom stereocenters. The first kappa shape index (κ1) is 15.8. The first-order chi connectivity index (χ1) is 13.2. The molecule has 1 N–H and O–H groups in total. The van der Waals surface area contributed by atoms with Gasteiger partial charge >= 0.3 is 0 Å².